The smallest absolute Gasteiger partial charge is 0.0606 e. The van der Waals surface area contributed by atoms with E-state index in [0.717, 1.165) is 29.8 Å². The molecule has 0 saturated carbocycles. The molecule has 3 N–H and O–H groups in total. The summed E-state index contributed by atoms with van der Waals surface area (Å²) in [6.07, 6.45) is 2.15. The highest BCUT2D eigenvalue weighted by Gasteiger charge is 2.15. The van der Waals surface area contributed by atoms with Crippen LogP contribution in [0.3, 0.4) is 0 Å². The maximum absolute atomic E-state index is 9.19. The van der Waals surface area contributed by atoms with Crippen molar-refractivity contribution in [2.24, 2.45) is 0 Å². The zero-order valence-electron chi connectivity index (χ0n) is 11.1. The highest BCUT2D eigenvalue weighted by Crippen LogP contribution is 2.24. The summed E-state index contributed by atoms with van der Waals surface area (Å²) >= 11 is 0. The van der Waals surface area contributed by atoms with Crippen LogP contribution in [0.4, 0.5) is 11.4 Å². The highest BCUT2D eigenvalue weighted by atomic mass is 16.3. The number of hydrogen-bond donors (Lipinski definition) is 2. The third kappa shape index (κ3) is 3.37. The van der Waals surface area contributed by atoms with Gasteiger partial charge in [-0.1, -0.05) is 19.9 Å². The number of aliphatic hydroxyl groups excluding tert-OH is 1. The predicted octanol–water partition coefficient (Wildman–Crippen LogP) is 2.56. The number of nitrogen functional groups attached to an aromatic ring is 1. The van der Waals surface area contributed by atoms with Gasteiger partial charge in [0.05, 0.1) is 6.61 Å². The Bertz CT molecular complexity index is 348. The number of hydrogen-bond acceptors (Lipinski definition) is 3. The zero-order chi connectivity index (χ0) is 12.8. The maximum atomic E-state index is 9.19. The first kappa shape index (κ1) is 13.8. The van der Waals surface area contributed by atoms with Crippen molar-refractivity contribution in [2.45, 2.75) is 39.7 Å². The summed E-state index contributed by atoms with van der Waals surface area (Å²) in [4.78, 5) is 2.25. The molecule has 96 valence electrons. The van der Waals surface area contributed by atoms with Crippen molar-refractivity contribution in [3.05, 3.63) is 23.8 Å². The Labute approximate surface area is 104 Å². The molecule has 17 heavy (non-hydrogen) atoms. The van der Waals surface area contributed by atoms with Crippen LogP contribution < -0.4 is 10.6 Å². The second kappa shape index (κ2) is 6.50. The topological polar surface area (TPSA) is 49.5 Å². The lowest BCUT2D eigenvalue weighted by atomic mass is 10.1. The van der Waals surface area contributed by atoms with Crippen LogP contribution in [0.15, 0.2) is 18.2 Å². The van der Waals surface area contributed by atoms with Gasteiger partial charge >= 0.3 is 0 Å². The Hall–Kier alpha value is -1.22. The van der Waals surface area contributed by atoms with E-state index in [1.54, 1.807) is 0 Å². The van der Waals surface area contributed by atoms with Gasteiger partial charge in [0.1, 0.15) is 0 Å². The summed E-state index contributed by atoms with van der Waals surface area (Å²) in [6.45, 7) is 7.19. The Morgan fingerprint density at radius 1 is 1.29 bits per heavy atom. The summed E-state index contributed by atoms with van der Waals surface area (Å²) in [5.41, 5.74) is 8.97. The SMILES string of the molecule is CCC(CC)N(CCO)c1ccc(C)c(N)c1. The second-order valence-electron chi connectivity index (χ2n) is 4.43. The minimum absolute atomic E-state index is 0.171. The fourth-order valence-electron chi connectivity index (χ4n) is 2.17. The standard InChI is InChI=1S/C14H24N2O/c1-4-12(5-2)16(8-9-17)13-7-6-11(3)14(15)10-13/h6-7,10,12,17H,4-5,8-9,15H2,1-3H3. The molecule has 0 heterocycles. The molecule has 1 rings (SSSR count). The van der Waals surface area contributed by atoms with Crippen LogP contribution in [0, 0.1) is 6.92 Å². The molecule has 0 aliphatic carbocycles. The van der Waals surface area contributed by atoms with Crippen molar-refractivity contribution >= 4 is 11.4 Å². The molecule has 0 aliphatic heterocycles. The molecule has 0 amide bonds. The van der Waals surface area contributed by atoms with Crippen molar-refractivity contribution in [1.82, 2.24) is 0 Å². The van der Waals surface area contributed by atoms with Gasteiger partial charge in [0.25, 0.3) is 0 Å². The molecule has 0 atom stereocenters. The first-order chi connectivity index (χ1) is 8.13. The Morgan fingerprint density at radius 2 is 1.94 bits per heavy atom. The summed E-state index contributed by atoms with van der Waals surface area (Å²) in [7, 11) is 0. The van der Waals surface area contributed by atoms with Gasteiger partial charge in [-0.2, -0.15) is 0 Å². The molecule has 0 bridgehead atoms. The van der Waals surface area contributed by atoms with Crippen molar-refractivity contribution in [3.8, 4) is 0 Å². The molecule has 1 aromatic rings. The summed E-state index contributed by atoms with van der Waals surface area (Å²) in [5.74, 6) is 0. The fourth-order valence-corrected chi connectivity index (χ4v) is 2.17. The van der Waals surface area contributed by atoms with Crippen LogP contribution >= 0.6 is 0 Å². The number of anilines is 2. The van der Waals surface area contributed by atoms with Gasteiger partial charge in [0.15, 0.2) is 0 Å². The molecule has 0 saturated heterocycles. The van der Waals surface area contributed by atoms with E-state index < -0.39 is 0 Å². The largest absolute Gasteiger partial charge is 0.398 e. The van der Waals surface area contributed by atoms with Crippen LogP contribution in [0.25, 0.3) is 0 Å². The average Bonchev–Trinajstić information content (AvgIpc) is 2.33. The molecular formula is C14H24N2O. The Balaban J connectivity index is 2.99. The summed E-state index contributed by atoms with van der Waals surface area (Å²) < 4.78 is 0. The van der Waals surface area contributed by atoms with Crippen LogP contribution in [0.1, 0.15) is 32.3 Å². The summed E-state index contributed by atoms with van der Waals surface area (Å²) in [5, 5.41) is 9.19. The summed E-state index contributed by atoms with van der Waals surface area (Å²) in [6, 6.07) is 6.59. The third-order valence-electron chi connectivity index (χ3n) is 3.32. The zero-order valence-corrected chi connectivity index (χ0v) is 11.1. The molecular weight excluding hydrogens is 212 g/mol. The van der Waals surface area contributed by atoms with Crippen molar-refractivity contribution in [2.75, 3.05) is 23.8 Å². The van der Waals surface area contributed by atoms with E-state index in [0.29, 0.717) is 12.6 Å². The highest BCUT2D eigenvalue weighted by molar-refractivity contribution is 5.60. The van der Waals surface area contributed by atoms with Crippen molar-refractivity contribution in [3.63, 3.8) is 0 Å². The molecule has 0 spiro atoms. The minimum Gasteiger partial charge on any atom is -0.398 e. The van der Waals surface area contributed by atoms with E-state index in [2.05, 4.69) is 24.8 Å². The van der Waals surface area contributed by atoms with E-state index in [-0.39, 0.29) is 6.61 Å². The number of aryl methyl sites for hydroxylation is 1. The number of benzene rings is 1. The van der Waals surface area contributed by atoms with Crippen LogP contribution in [0.5, 0.6) is 0 Å². The monoisotopic (exact) mass is 236 g/mol. The molecule has 3 nitrogen and oxygen atoms in total. The molecule has 0 radical (unpaired) electrons. The second-order valence-corrected chi connectivity index (χ2v) is 4.43. The van der Waals surface area contributed by atoms with E-state index >= 15 is 0 Å². The van der Waals surface area contributed by atoms with Gasteiger partial charge in [0, 0.05) is 24.0 Å². The molecule has 1 aromatic carbocycles. The van der Waals surface area contributed by atoms with Gasteiger partial charge in [-0.05, 0) is 37.5 Å². The van der Waals surface area contributed by atoms with Crippen LogP contribution in [-0.2, 0) is 0 Å². The molecule has 3 heteroatoms. The van der Waals surface area contributed by atoms with E-state index in [4.69, 9.17) is 5.73 Å². The van der Waals surface area contributed by atoms with Gasteiger partial charge in [-0.3, -0.25) is 0 Å². The molecule has 0 aromatic heterocycles. The van der Waals surface area contributed by atoms with Gasteiger partial charge in [0.2, 0.25) is 0 Å². The number of nitrogens with two attached hydrogens (primary N) is 1. The van der Waals surface area contributed by atoms with Crippen LogP contribution in [-0.4, -0.2) is 24.3 Å². The lowest BCUT2D eigenvalue weighted by Crippen LogP contribution is -2.36. The Morgan fingerprint density at radius 3 is 2.41 bits per heavy atom. The van der Waals surface area contributed by atoms with E-state index in [9.17, 15) is 5.11 Å². The van der Waals surface area contributed by atoms with Crippen molar-refractivity contribution in [1.29, 1.82) is 0 Å². The van der Waals surface area contributed by atoms with Crippen LogP contribution in [0.2, 0.25) is 0 Å². The minimum atomic E-state index is 0.171. The number of aliphatic hydroxyl groups is 1. The quantitative estimate of drug-likeness (QED) is 0.746. The van der Waals surface area contributed by atoms with E-state index in [1.807, 2.05) is 19.1 Å². The van der Waals surface area contributed by atoms with Gasteiger partial charge < -0.3 is 15.7 Å². The Kier molecular flexibility index (Phi) is 5.29. The number of nitrogens with zero attached hydrogens (tertiary/aromatic N) is 1. The third-order valence-corrected chi connectivity index (χ3v) is 3.32. The number of rotatable bonds is 6. The van der Waals surface area contributed by atoms with Gasteiger partial charge in [-0.25, -0.2) is 0 Å². The molecule has 0 aliphatic rings. The maximum Gasteiger partial charge on any atom is 0.0606 e. The fraction of sp³-hybridized carbons (Fsp3) is 0.571. The molecule has 0 fully saturated rings. The van der Waals surface area contributed by atoms with Crippen molar-refractivity contribution < 1.29 is 5.11 Å². The normalized spacial score (nSPS) is 10.9. The van der Waals surface area contributed by atoms with E-state index in [1.165, 1.54) is 0 Å². The lowest BCUT2D eigenvalue weighted by Gasteiger charge is -2.32. The van der Waals surface area contributed by atoms with Gasteiger partial charge in [-0.15, -0.1) is 0 Å². The predicted molar refractivity (Wildman–Crippen MR) is 74.4 cm³/mol. The lowest BCUT2D eigenvalue weighted by molar-refractivity contribution is 0.296. The first-order valence-electron chi connectivity index (χ1n) is 6.37. The average molecular weight is 236 g/mol. The first-order valence-corrected chi connectivity index (χ1v) is 6.37. The molecule has 0 unspecified atom stereocenters.